The number of aliphatic carboxylic acids is 1. The van der Waals surface area contributed by atoms with E-state index in [1.807, 2.05) is 38.6 Å². The number of ether oxygens (including phenoxy) is 1. The molecule has 0 aliphatic heterocycles. The van der Waals surface area contributed by atoms with Crippen LogP contribution in [0.4, 0.5) is 0 Å². The van der Waals surface area contributed by atoms with Crippen LogP contribution in [0.5, 0.6) is 5.75 Å². The molecule has 1 unspecified atom stereocenters. The van der Waals surface area contributed by atoms with Gasteiger partial charge in [-0.3, -0.25) is 9.48 Å². The van der Waals surface area contributed by atoms with Crippen molar-refractivity contribution in [2.75, 3.05) is 6.61 Å². The molecule has 1 heterocycles. The maximum absolute atomic E-state index is 12.4. The number of benzene rings is 1. The average Bonchev–Trinajstić information content (AvgIpc) is 2.84. The van der Waals surface area contributed by atoms with Gasteiger partial charge in [0.1, 0.15) is 5.75 Å². The van der Waals surface area contributed by atoms with E-state index in [0.717, 1.165) is 22.5 Å². The van der Waals surface area contributed by atoms with Crippen LogP contribution in [0.3, 0.4) is 0 Å². The topological polar surface area (TPSA) is 93.5 Å². The van der Waals surface area contributed by atoms with Crippen LogP contribution in [0.15, 0.2) is 24.3 Å². The highest BCUT2D eigenvalue weighted by atomic mass is 16.5. The molecule has 7 heteroatoms. The minimum atomic E-state index is -1.03. The fourth-order valence-electron chi connectivity index (χ4n) is 2.77. The quantitative estimate of drug-likeness (QED) is 0.752. The highest BCUT2D eigenvalue weighted by molar-refractivity contribution is 5.78. The summed E-state index contributed by atoms with van der Waals surface area (Å²) >= 11 is 0. The average molecular weight is 359 g/mol. The standard InChI is InChI=1S/C19H25N3O4/c1-12(8-17-13(2)21-22(4)14(17)3)19(25)20-10-15-6-5-7-16(9-15)26-11-18(23)24/h5-7,9,12H,8,10-11H2,1-4H3,(H,20,25)(H,23,24). The first-order valence-electron chi connectivity index (χ1n) is 8.48. The van der Waals surface area contributed by atoms with Crippen LogP contribution in [-0.4, -0.2) is 33.4 Å². The molecular formula is C19H25N3O4. The summed E-state index contributed by atoms with van der Waals surface area (Å²) in [7, 11) is 1.90. The number of hydrogen-bond donors (Lipinski definition) is 2. The Balaban J connectivity index is 1.91. The molecule has 0 spiro atoms. The summed E-state index contributed by atoms with van der Waals surface area (Å²) in [4.78, 5) is 23.0. The van der Waals surface area contributed by atoms with Crippen LogP contribution in [-0.2, 0) is 29.6 Å². The third-order valence-electron chi connectivity index (χ3n) is 4.34. The van der Waals surface area contributed by atoms with Gasteiger partial charge in [0, 0.05) is 25.2 Å². The van der Waals surface area contributed by atoms with Crippen LogP contribution in [0, 0.1) is 19.8 Å². The predicted molar refractivity (Wildman–Crippen MR) is 97.0 cm³/mol. The lowest BCUT2D eigenvalue weighted by molar-refractivity contribution is -0.139. The second-order valence-corrected chi connectivity index (χ2v) is 6.43. The highest BCUT2D eigenvalue weighted by Gasteiger charge is 2.18. The Labute approximate surface area is 153 Å². The summed E-state index contributed by atoms with van der Waals surface area (Å²) in [6.07, 6.45) is 0.638. The number of aromatic nitrogens is 2. The molecule has 0 aliphatic carbocycles. The van der Waals surface area contributed by atoms with E-state index in [2.05, 4.69) is 10.4 Å². The maximum atomic E-state index is 12.4. The number of carbonyl (C=O) groups excluding carboxylic acids is 1. The van der Waals surface area contributed by atoms with Crippen molar-refractivity contribution in [3.05, 3.63) is 46.8 Å². The number of hydrogen-bond acceptors (Lipinski definition) is 4. The molecule has 2 N–H and O–H groups in total. The van der Waals surface area contributed by atoms with Crippen LogP contribution < -0.4 is 10.1 Å². The number of rotatable bonds is 8. The van der Waals surface area contributed by atoms with Gasteiger partial charge in [0.25, 0.3) is 0 Å². The largest absolute Gasteiger partial charge is 0.482 e. The van der Waals surface area contributed by atoms with Crippen LogP contribution >= 0.6 is 0 Å². The Morgan fingerprint density at radius 2 is 2.08 bits per heavy atom. The molecule has 0 bridgehead atoms. The fourth-order valence-corrected chi connectivity index (χ4v) is 2.77. The molecular weight excluding hydrogens is 334 g/mol. The highest BCUT2D eigenvalue weighted by Crippen LogP contribution is 2.17. The number of amides is 1. The molecule has 7 nitrogen and oxygen atoms in total. The summed E-state index contributed by atoms with van der Waals surface area (Å²) in [6.45, 7) is 5.82. The van der Waals surface area contributed by atoms with E-state index in [1.54, 1.807) is 18.2 Å². The summed E-state index contributed by atoms with van der Waals surface area (Å²) in [5.74, 6) is -0.778. The first-order valence-corrected chi connectivity index (χ1v) is 8.48. The smallest absolute Gasteiger partial charge is 0.341 e. The van der Waals surface area contributed by atoms with Gasteiger partial charge in [0.05, 0.1) is 5.69 Å². The summed E-state index contributed by atoms with van der Waals surface area (Å²) in [5, 5.41) is 16.0. The zero-order valence-electron chi connectivity index (χ0n) is 15.6. The number of nitrogens with zero attached hydrogens (tertiary/aromatic N) is 2. The van der Waals surface area contributed by atoms with Crippen molar-refractivity contribution >= 4 is 11.9 Å². The monoisotopic (exact) mass is 359 g/mol. The summed E-state index contributed by atoms with van der Waals surface area (Å²) in [6, 6.07) is 7.03. The van der Waals surface area contributed by atoms with Gasteiger partial charge in [0.15, 0.2) is 6.61 Å². The van der Waals surface area contributed by atoms with Gasteiger partial charge < -0.3 is 15.2 Å². The van der Waals surface area contributed by atoms with Gasteiger partial charge in [-0.2, -0.15) is 5.10 Å². The van der Waals surface area contributed by atoms with Crippen molar-refractivity contribution in [2.24, 2.45) is 13.0 Å². The van der Waals surface area contributed by atoms with Crippen molar-refractivity contribution in [2.45, 2.75) is 33.7 Å². The van der Waals surface area contributed by atoms with E-state index in [-0.39, 0.29) is 11.8 Å². The van der Waals surface area contributed by atoms with E-state index >= 15 is 0 Å². The number of carboxylic acid groups (broad SMARTS) is 1. The van der Waals surface area contributed by atoms with Crippen LogP contribution in [0.2, 0.25) is 0 Å². The third kappa shape index (κ3) is 5.08. The predicted octanol–water partition coefficient (Wildman–Crippen LogP) is 2.00. The Morgan fingerprint density at radius 3 is 2.69 bits per heavy atom. The SMILES string of the molecule is Cc1nn(C)c(C)c1CC(C)C(=O)NCc1cccc(OCC(=O)O)c1. The second-order valence-electron chi connectivity index (χ2n) is 6.43. The maximum Gasteiger partial charge on any atom is 0.341 e. The normalized spacial score (nSPS) is 11.8. The third-order valence-corrected chi connectivity index (χ3v) is 4.34. The number of carbonyl (C=O) groups is 2. The molecule has 0 saturated heterocycles. The molecule has 140 valence electrons. The summed E-state index contributed by atoms with van der Waals surface area (Å²) < 4.78 is 6.98. The minimum Gasteiger partial charge on any atom is -0.482 e. The lowest BCUT2D eigenvalue weighted by Crippen LogP contribution is -2.30. The van der Waals surface area contributed by atoms with Crippen molar-refractivity contribution in [1.82, 2.24) is 15.1 Å². The van der Waals surface area contributed by atoms with E-state index < -0.39 is 12.6 Å². The first kappa shape index (κ1) is 19.5. The molecule has 0 fully saturated rings. The van der Waals surface area contributed by atoms with Gasteiger partial charge in [-0.15, -0.1) is 0 Å². The fraction of sp³-hybridized carbons (Fsp3) is 0.421. The molecule has 26 heavy (non-hydrogen) atoms. The molecule has 0 aliphatic rings. The van der Waals surface area contributed by atoms with E-state index in [0.29, 0.717) is 18.7 Å². The molecule has 1 aromatic heterocycles. The molecule has 2 aromatic rings. The molecule has 1 amide bonds. The lowest BCUT2D eigenvalue weighted by Gasteiger charge is -2.13. The summed E-state index contributed by atoms with van der Waals surface area (Å²) in [5.41, 5.74) is 3.99. The Bertz CT molecular complexity index is 798. The van der Waals surface area contributed by atoms with Crippen molar-refractivity contribution in [3.8, 4) is 5.75 Å². The Kier molecular flexibility index (Phi) is 6.38. The van der Waals surface area contributed by atoms with Crippen LogP contribution in [0.1, 0.15) is 29.4 Å². The number of nitrogens with one attached hydrogen (secondary N) is 1. The van der Waals surface area contributed by atoms with Gasteiger partial charge >= 0.3 is 5.97 Å². The van der Waals surface area contributed by atoms with Crippen molar-refractivity contribution < 1.29 is 19.4 Å². The first-order chi connectivity index (χ1) is 12.3. The zero-order valence-corrected chi connectivity index (χ0v) is 15.6. The Hall–Kier alpha value is -2.83. The van der Waals surface area contributed by atoms with Gasteiger partial charge in [-0.1, -0.05) is 19.1 Å². The number of carboxylic acids is 1. The van der Waals surface area contributed by atoms with Crippen LogP contribution in [0.25, 0.3) is 0 Å². The minimum absolute atomic E-state index is 0.0375. The van der Waals surface area contributed by atoms with Gasteiger partial charge in [-0.25, -0.2) is 4.79 Å². The van der Waals surface area contributed by atoms with Crippen molar-refractivity contribution in [1.29, 1.82) is 0 Å². The lowest BCUT2D eigenvalue weighted by atomic mass is 9.99. The van der Waals surface area contributed by atoms with Gasteiger partial charge in [0.2, 0.25) is 5.91 Å². The number of aryl methyl sites for hydroxylation is 2. The molecule has 1 aromatic carbocycles. The zero-order chi connectivity index (χ0) is 19.3. The second kappa shape index (κ2) is 8.51. The molecule has 0 radical (unpaired) electrons. The van der Waals surface area contributed by atoms with E-state index in [1.165, 1.54) is 0 Å². The van der Waals surface area contributed by atoms with Gasteiger partial charge in [-0.05, 0) is 43.5 Å². The van der Waals surface area contributed by atoms with E-state index in [9.17, 15) is 9.59 Å². The van der Waals surface area contributed by atoms with Crippen molar-refractivity contribution in [3.63, 3.8) is 0 Å². The molecule has 1 atom stereocenters. The molecule has 2 rings (SSSR count). The molecule has 0 saturated carbocycles. The Morgan fingerprint density at radius 1 is 1.35 bits per heavy atom. The van der Waals surface area contributed by atoms with E-state index in [4.69, 9.17) is 9.84 Å².